The molecule has 1 amide bonds. The number of amides is 1. The first-order chi connectivity index (χ1) is 8.65. The maximum Gasteiger partial charge on any atom is 0.274 e. The van der Waals surface area contributed by atoms with Crippen molar-refractivity contribution in [3.63, 3.8) is 0 Å². The highest BCUT2D eigenvalue weighted by Gasteiger charge is 2.28. The molecule has 0 atom stereocenters. The maximum atomic E-state index is 12.2. The molecule has 1 saturated carbocycles. The van der Waals surface area contributed by atoms with Crippen LogP contribution in [0.2, 0.25) is 0 Å². The normalized spacial score (nSPS) is 14.7. The molecule has 0 bridgehead atoms. The molecule has 3 N–H and O–H groups in total. The Morgan fingerprint density at radius 3 is 2.94 bits per heavy atom. The van der Waals surface area contributed by atoms with Crippen LogP contribution in [0.4, 0.5) is 11.6 Å². The molecule has 0 aliphatic heterocycles. The Bertz CT molecular complexity index is 594. The first kappa shape index (κ1) is 10.8. The molecule has 1 aliphatic rings. The van der Waals surface area contributed by atoms with Gasteiger partial charge in [-0.1, -0.05) is 0 Å². The summed E-state index contributed by atoms with van der Waals surface area (Å²) in [4.78, 5) is 16.1. The highest BCUT2D eigenvalue weighted by Crippen LogP contribution is 2.37. The van der Waals surface area contributed by atoms with Crippen LogP contribution in [0.15, 0.2) is 18.6 Å². The Morgan fingerprint density at radius 1 is 1.56 bits per heavy atom. The van der Waals surface area contributed by atoms with Crippen LogP contribution in [-0.4, -0.2) is 25.2 Å². The number of nitrogens with two attached hydrogens (primary N) is 1. The van der Waals surface area contributed by atoms with Gasteiger partial charge >= 0.3 is 0 Å². The summed E-state index contributed by atoms with van der Waals surface area (Å²) in [5, 5.41) is 6.61. The van der Waals surface area contributed by atoms with Gasteiger partial charge in [-0.3, -0.25) is 10.1 Å². The molecular weight excluding hydrogens is 232 g/mol. The second-order valence-corrected chi connectivity index (χ2v) is 4.46. The van der Waals surface area contributed by atoms with Crippen molar-refractivity contribution in [1.82, 2.24) is 19.3 Å². The summed E-state index contributed by atoms with van der Waals surface area (Å²) in [7, 11) is 1.72. The molecule has 1 fully saturated rings. The van der Waals surface area contributed by atoms with Crippen molar-refractivity contribution in [3.8, 4) is 0 Å². The molecule has 0 aromatic carbocycles. The number of nitrogen functional groups attached to an aromatic ring is 1. The molecule has 0 spiro atoms. The van der Waals surface area contributed by atoms with Crippen molar-refractivity contribution in [3.05, 3.63) is 24.3 Å². The summed E-state index contributed by atoms with van der Waals surface area (Å²) in [6.07, 6.45) is 5.39. The third kappa shape index (κ3) is 1.83. The lowest BCUT2D eigenvalue weighted by Crippen LogP contribution is -2.18. The number of hydrogen-bond acceptors (Lipinski definition) is 4. The summed E-state index contributed by atoms with van der Waals surface area (Å²) in [6.45, 7) is 0. The minimum Gasteiger partial charge on any atom is -0.397 e. The van der Waals surface area contributed by atoms with Crippen LogP contribution < -0.4 is 11.1 Å². The van der Waals surface area contributed by atoms with Gasteiger partial charge in [-0.25, -0.2) is 4.68 Å². The lowest BCUT2D eigenvalue weighted by atomic mass is 10.4. The smallest absolute Gasteiger partial charge is 0.274 e. The van der Waals surface area contributed by atoms with E-state index in [0.29, 0.717) is 23.4 Å². The molecular formula is C11H14N6O. The van der Waals surface area contributed by atoms with Crippen molar-refractivity contribution >= 4 is 17.5 Å². The fourth-order valence-electron chi connectivity index (χ4n) is 1.91. The van der Waals surface area contributed by atoms with Gasteiger partial charge in [-0.2, -0.15) is 10.1 Å². The number of rotatable bonds is 3. The molecule has 1 aliphatic carbocycles. The molecule has 0 radical (unpaired) electrons. The van der Waals surface area contributed by atoms with E-state index < -0.39 is 0 Å². The number of aryl methyl sites for hydroxylation is 1. The monoisotopic (exact) mass is 246 g/mol. The molecule has 7 nitrogen and oxygen atoms in total. The fraction of sp³-hybridized carbons (Fsp3) is 0.364. The molecule has 3 rings (SSSR count). The Kier molecular flexibility index (Phi) is 2.32. The summed E-state index contributed by atoms with van der Waals surface area (Å²) in [6, 6.07) is 2.09. The van der Waals surface area contributed by atoms with Crippen LogP contribution in [0, 0.1) is 0 Å². The highest BCUT2D eigenvalue weighted by molar-refractivity contribution is 6.03. The van der Waals surface area contributed by atoms with E-state index in [1.807, 2.05) is 10.8 Å². The van der Waals surface area contributed by atoms with Crippen LogP contribution >= 0.6 is 0 Å². The Hall–Kier alpha value is -2.31. The number of hydrogen-bond donors (Lipinski definition) is 2. The van der Waals surface area contributed by atoms with Crippen LogP contribution in [0.3, 0.4) is 0 Å². The first-order valence-corrected chi connectivity index (χ1v) is 5.78. The zero-order valence-corrected chi connectivity index (χ0v) is 10.00. The Labute approximate surface area is 104 Å². The number of anilines is 2. The van der Waals surface area contributed by atoms with Gasteiger partial charge in [0, 0.05) is 19.3 Å². The van der Waals surface area contributed by atoms with Crippen LogP contribution in [-0.2, 0) is 7.05 Å². The van der Waals surface area contributed by atoms with Crippen molar-refractivity contribution in [2.24, 2.45) is 7.05 Å². The molecule has 0 saturated heterocycles. The third-order valence-electron chi connectivity index (χ3n) is 2.98. The Morgan fingerprint density at radius 2 is 2.33 bits per heavy atom. The van der Waals surface area contributed by atoms with Crippen LogP contribution in [0.5, 0.6) is 0 Å². The summed E-state index contributed by atoms with van der Waals surface area (Å²) in [5.74, 6) is 0.205. The quantitative estimate of drug-likeness (QED) is 0.837. The number of nitrogens with zero attached hydrogens (tertiary/aromatic N) is 4. The zero-order chi connectivity index (χ0) is 12.7. The second kappa shape index (κ2) is 3.86. The van der Waals surface area contributed by atoms with E-state index in [2.05, 4.69) is 15.4 Å². The second-order valence-electron chi connectivity index (χ2n) is 4.46. The molecule has 18 heavy (non-hydrogen) atoms. The van der Waals surface area contributed by atoms with Gasteiger partial charge in [0.25, 0.3) is 5.91 Å². The van der Waals surface area contributed by atoms with Crippen molar-refractivity contribution in [2.75, 3.05) is 11.1 Å². The highest BCUT2D eigenvalue weighted by atomic mass is 16.2. The molecule has 2 aromatic heterocycles. The predicted octanol–water partition coefficient (Wildman–Crippen LogP) is 0.786. The van der Waals surface area contributed by atoms with E-state index in [1.165, 1.54) is 11.0 Å². The summed E-state index contributed by atoms with van der Waals surface area (Å²) < 4.78 is 3.44. The molecule has 7 heteroatoms. The van der Waals surface area contributed by atoms with Crippen molar-refractivity contribution < 1.29 is 4.79 Å². The lowest BCUT2D eigenvalue weighted by Gasteiger charge is -2.07. The SMILES string of the molecule is Cn1ncnc1NC(=O)c1cc(N)cn1C1CC1. The van der Waals surface area contributed by atoms with Gasteiger partial charge in [-0.05, 0) is 18.9 Å². The lowest BCUT2D eigenvalue weighted by molar-refractivity contribution is 0.101. The van der Waals surface area contributed by atoms with E-state index in [0.717, 1.165) is 12.8 Å². The van der Waals surface area contributed by atoms with Crippen LogP contribution in [0.25, 0.3) is 0 Å². The predicted molar refractivity (Wildman–Crippen MR) is 66.1 cm³/mol. The Balaban J connectivity index is 1.86. The largest absolute Gasteiger partial charge is 0.397 e. The minimum absolute atomic E-state index is 0.213. The van der Waals surface area contributed by atoms with Crippen molar-refractivity contribution in [1.29, 1.82) is 0 Å². The van der Waals surface area contributed by atoms with Gasteiger partial charge < -0.3 is 10.3 Å². The topological polar surface area (TPSA) is 90.8 Å². The standard InChI is InChI=1S/C11H14N6O/c1-16-11(13-6-14-16)15-10(18)9-4-7(12)5-17(9)8-2-3-8/h4-6,8H,2-3,12H2,1H3,(H,13,14,15,18). The molecule has 94 valence electrons. The average Bonchev–Trinajstić information content (AvgIpc) is 3.00. The van der Waals surface area contributed by atoms with E-state index in [1.54, 1.807) is 13.1 Å². The average molecular weight is 246 g/mol. The van der Waals surface area contributed by atoms with Gasteiger partial charge in [0.15, 0.2) is 0 Å². The van der Waals surface area contributed by atoms with Gasteiger partial charge in [-0.15, -0.1) is 0 Å². The van der Waals surface area contributed by atoms with Gasteiger partial charge in [0.05, 0.1) is 5.69 Å². The molecule has 2 heterocycles. The minimum atomic E-state index is -0.213. The zero-order valence-electron chi connectivity index (χ0n) is 10.00. The van der Waals surface area contributed by atoms with E-state index in [9.17, 15) is 4.79 Å². The summed E-state index contributed by atoms with van der Waals surface area (Å²) in [5.41, 5.74) is 6.92. The van der Waals surface area contributed by atoms with Gasteiger partial charge in [0.1, 0.15) is 12.0 Å². The molecule has 2 aromatic rings. The number of aromatic nitrogens is 4. The maximum absolute atomic E-state index is 12.2. The fourth-order valence-corrected chi connectivity index (χ4v) is 1.91. The third-order valence-corrected chi connectivity index (χ3v) is 2.98. The first-order valence-electron chi connectivity index (χ1n) is 5.78. The van der Waals surface area contributed by atoms with E-state index in [4.69, 9.17) is 5.73 Å². The number of nitrogens with one attached hydrogen (secondary N) is 1. The number of carbonyl (C=O) groups excluding carboxylic acids is 1. The van der Waals surface area contributed by atoms with Gasteiger partial charge in [0.2, 0.25) is 5.95 Å². The van der Waals surface area contributed by atoms with E-state index >= 15 is 0 Å². The number of carbonyl (C=O) groups is 1. The van der Waals surface area contributed by atoms with Crippen molar-refractivity contribution in [2.45, 2.75) is 18.9 Å². The van der Waals surface area contributed by atoms with Crippen LogP contribution in [0.1, 0.15) is 29.4 Å². The van der Waals surface area contributed by atoms with E-state index in [-0.39, 0.29) is 5.91 Å². The molecule has 0 unspecified atom stereocenters. The summed E-state index contributed by atoms with van der Waals surface area (Å²) >= 11 is 0.